The highest BCUT2D eigenvalue weighted by atomic mass is 16.6. The number of aliphatic hydroxyl groups is 1. The summed E-state index contributed by atoms with van der Waals surface area (Å²) < 4.78 is 14.2. The average molecular weight is 482 g/mol. The van der Waals surface area contributed by atoms with E-state index >= 15 is 0 Å². The second-order valence-corrected chi connectivity index (χ2v) is 8.70. The van der Waals surface area contributed by atoms with Crippen LogP contribution in [0.25, 0.3) is 0 Å². The minimum absolute atomic E-state index is 0.0886. The Hall–Kier alpha value is -3.76. The Bertz CT molecular complexity index is 1370. The molecule has 3 heterocycles. The molecule has 0 spiro atoms. The summed E-state index contributed by atoms with van der Waals surface area (Å²) in [5, 5.41) is 9.70. The molecule has 1 aliphatic heterocycles. The smallest absolute Gasteiger partial charge is 0.330 e. The highest BCUT2D eigenvalue weighted by molar-refractivity contribution is 6.08. The van der Waals surface area contributed by atoms with Gasteiger partial charge in [-0.3, -0.25) is 23.9 Å². The SMILES string of the molecule is Cc1ccc(C(=O)c2ccc(CC(=O)O[C@H]3C[C@H](n4cc(C)c(=O)[nH]c4=O)O[C@@H]3CO)n2C)cc1. The van der Waals surface area contributed by atoms with Crippen LogP contribution in [0, 0.1) is 13.8 Å². The molecule has 1 fully saturated rings. The number of aromatic nitrogens is 3. The highest BCUT2D eigenvalue weighted by Crippen LogP contribution is 2.30. The van der Waals surface area contributed by atoms with Gasteiger partial charge >= 0.3 is 11.7 Å². The third-order valence-corrected chi connectivity index (χ3v) is 6.20. The molecule has 2 aromatic heterocycles. The molecule has 35 heavy (non-hydrogen) atoms. The van der Waals surface area contributed by atoms with E-state index in [1.54, 1.807) is 42.8 Å². The van der Waals surface area contributed by atoms with E-state index in [0.717, 1.165) is 5.56 Å². The fourth-order valence-electron chi connectivity index (χ4n) is 4.13. The number of benzene rings is 1. The van der Waals surface area contributed by atoms with Crippen LogP contribution in [0.2, 0.25) is 0 Å². The third-order valence-electron chi connectivity index (χ3n) is 6.20. The van der Waals surface area contributed by atoms with Crippen LogP contribution in [-0.2, 0) is 27.7 Å². The molecule has 0 amide bonds. The van der Waals surface area contributed by atoms with Crippen LogP contribution in [0.3, 0.4) is 0 Å². The monoisotopic (exact) mass is 481 g/mol. The number of hydrogen-bond donors (Lipinski definition) is 2. The zero-order valence-corrected chi connectivity index (χ0v) is 19.7. The third kappa shape index (κ3) is 5.03. The van der Waals surface area contributed by atoms with Gasteiger partial charge in [0.2, 0.25) is 5.78 Å². The van der Waals surface area contributed by atoms with Crippen molar-refractivity contribution in [2.24, 2.45) is 7.05 Å². The van der Waals surface area contributed by atoms with Crippen molar-refractivity contribution in [3.8, 4) is 0 Å². The number of aliphatic hydroxyl groups excluding tert-OH is 1. The number of aryl methyl sites for hydroxylation is 2. The van der Waals surface area contributed by atoms with Crippen LogP contribution in [0.15, 0.2) is 52.2 Å². The van der Waals surface area contributed by atoms with E-state index in [-0.39, 0.29) is 18.6 Å². The number of nitrogens with one attached hydrogen (secondary N) is 1. The molecule has 184 valence electrons. The Morgan fingerprint density at radius 2 is 1.86 bits per heavy atom. The van der Waals surface area contributed by atoms with Gasteiger partial charge in [-0.1, -0.05) is 29.8 Å². The molecule has 2 N–H and O–H groups in total. The normalized spacial score (nSPS) is 19.6. The number of rotatable bonds is 7. The summed E-state index contributed by atoms with van der Waals surface area (Å²) in [4.78, 5) is 51.6. The molecule has 10 nitrogen and oxygen atoms in total. The van der Waals surface area contributed by atoms with Gasteiger partial charge in [0.15, 0.2) is 0 Å². The summed E-state index contributed by atoms with van der Waals surface area (Å²) in [6.45, 7) is 3.09. The van der Waals surface area contributed by atoms with Crippen LogP contribution >= 0.6 is 0 Å². The number of esters is 1. The lowest BCUT2D eigenvalue weighted by Gasteiger charge is -2.17. The molecule has 3 aromatic rings. The Morgan fingerprint density at radius 1 is 1.14 bits per heavy atom. The number of hydrogen-bond acceptors (Lipinski definition) is 7. The van der Waals surface area contributed by atoms with Crippen LogP contribution in [0.4, 0.5) is 0 Å². The summed E-state index contributed by atoms with van der Waals surface area (Å²) in [6, 6.07) is 10.6. The molecule has 1 aliphatic rings. The summed E-state index contributed by atoms with van der Waals surface area (Å²) in [6.07, 6.45) is -0.995. The van der Waals surface area contributed by atoms with E-state index in [9.17, 15) is 24.3 Å². The van der Waals surface area contributed by atoms with E-state index in [2.05, 4.69) is 4.98 Å². The first-order valence-electron chi connectivity index (χ1n) is 11.2. The standard InChI is InChI=1S/C25H27N3O7/c1-14-4-6-16(7-5-14)23(31)18-9-8-17(27(18)3)10-22(30)35-19-11-21(34-20(19)13-29)28-12-15(2)24(32)26-25(28)33/h4-9,12,19-21,29H,10-11,13H2,1-3H3,(H,26,32,33)/t19-,20+,21+/m0/s1. The summed E-state index contributed by atoms with van der Waals surface area (Å²) in [5.74, 6) is -0.709. The number of carbonyl (C=O) groups is 2. The second-order valence-electron chi connectivity index (χ2n) is 8.70. The van der Waals surface area contributed by atoms with Crippen LogP contribution in [-0.4, -0.2) is 49.8 Å². The number of nitrogens with zero attached hydrogens (tertiary/aromatic N) is 2. The van der Waals surface area contributed by atoms with E-state index < -0.39 is 42.3 Å². The lowest BCUT2D eigenvalue weighted by molar-refractivity contribution is -0.152. The molecule has 0 unspecified atom stereocenters. The van der Waals surface area contributed by atoms with E-state index in [1.165, 1.54) is 10.8 Å². The van der Waals surface area contributed by atoms with Gasteiger partial charge in [-0.15, -0.1) is 0 Å². The predicted octanol–water partition coefficient (Wildman–Crippen LogP) is 1.16. The minimum Gasteiger partial charge on any atom is -0.459 e. The van der Waals surface area contributed by atoms with E-state index in [1.807, 2.05) is 19.1 Å². The first-order chi connectivity index (χ1) is 16.7. The Morgan fingerprint density at radius 3 is 2.54 bits per heavy atom. The van der Waals surface area contributed by atoms with Crippen molar-refractivity contribution in [2.75, 3.05) is 6.61 Å². The van der Waals surface area contributed by atoms with Crippen LogP contribution in [0.5, 0.6) is 0 Å². The molecule has 10 heteroatoms. The maximum atomic E-state index is 12.9. The number of ether oxygens (including phenoxy) is 2. The molecule has 0 saturated carbocycles. The molecule has 0 aliphatic carbocycles. The van der Waals surface area contributed by atoms with Gasteiger partial charge in [-0.05, 0) is 26.0 Å². The first kappa shape index (κ1) is 24.4. The molecular weight excluding hydrogens is 454 g/mol. The highest BCUT2D eigenvalue weighted by Gasteiger charge is 2.39. The van der Waals surface area contributed by atoms with E-state index in [4.69, 9.17) is 9.47 Å². The van der Waals surface area contributed by atoms with Crippen molar-refractivity contribution in [1.82, 2.24) is 14.1 Å². The van der Waals surface area contributed by atoms with Gasteiger partial charge in [0.05, 0.1) is 18.7 Å². The van der Waals surface area contributed by atoms with Crippen molar-refractivity contribution < 1.29 is 24.2 Å². The van der Waals surface area contributed by atoms with Crippen LogP contribution < -0.4 is 11.2 Å². The molecular formula is C25H27N3O7. The van der Waals surface area contributed by atoms with Gasteiger partial charge in [-0.25, -0.2) is 4.79 Å². The number of H-pyrrole nitrogens is 1. The van der Waals surface area contributed by atoms with Gasteiger partial charge in [0.1, 0.15) is 18.4 Å². The number of ketones is 1. The molecule has 1 saturated heterocycles. The topological polar surface area (TPSA) is 133 Å². The number of carbonyl (C=O) groups excluding carboxylic acids is 2. The van der Waals surface area contributed by atoms with Gasteiger partial charge in [-0.2, -0.15) is 0 Å². The molecule has 1 aromatic carbocycles. The van der Waals surface area contributed by atoms with Crippen molar-refractivity contribution in [1.29, 1.82) is 0 Å². The maximum absolute atomic E-state index is 12.9. The minimum atomic E-state index is -0.824. The lowest BCUT2D eigenvalue weighted by Crippen LogP contribution is -2.33. The lowest BCUT2D eigenvalue weighted by atomic mass is 10.1. The number of aromatic amines is 1. The second kappa shape index (κ2) is 9.85. The Balaban J connectivity index is 1.44. The van der Waals surface area contributed by atoms with Gasteiger partial charge in [0, 0.05) is 36.5 Å². The fraction of sp³-hybridized carbons (Fsp3) is 0.360. The van der Waals surface area contributed by atoms with Crippen molar-refractivity contribution in [3.05, 3.63) is 91.5 Å². The van der Waals surface area contributed by atoms with Gasteiger partial charge in [0.25, 0.3) is 5.56 Å². The summed E-state index contributed by atoms with van der Waals surface area (Å²) in [5.41, 5.74) is 1.83. The largest absolute Gasteiger partial charge is 0.459 e. The average Bonchev–Trinajstić information content (AvgIpc) is 3.39. The molecule has 4 rings (SSSR count). The Kier molecular flexibility index (Phi) is 6.86. The summed E-state index contributed by atoms with van der Waals surface area (Å²) in [7, 11) is 1.71. The van der Waals surface area contributed by atoms with Crippen molar-refractivity contribution in [3.63, 3.8) is 0 Å². The fourth-order valence-corrected chi connectivity index (χ4v) is 4.13. The van der Waals surface area contributed by atoms with Crippen LogP contribution in [0.1, 0.15) is 45.5 Å². The van der Waals surface area contributed by atoms with Gasteiger partial charge < -0.3 is 19.1 Å². The molecule has 0 radical (unpaired) electrons. The van der Waals surface area contributed by atoms with Crippen molar-refractivity contribution >= 4 is 11.8 Å². The zero-order valence-electron chi connectivity index (χ0n) is 19.7. The summed E-state index contributed by atoms with van der Waals surface area (Å²) >= 11 is 0. The predicted molar refractivity (Wildman–Crippen MR) is 125 cm³/mol. The maximum Gasteiger partial charge on any atom is 0.330 e. The molecule has 0 bridgehead atoms. The Labute approximate surface area is 200 Å². The molecule has 3 atom stereocenters. The quantitative estimate of drug-likeness (QED) is 0.382. The van der Waals surface area contributed by atoms with Crippen molar-refractivity contribution in [2.45, 2.75) is 45.1 Å². The zero-order chi connectivity index (χ0) is 25.3. The van der Waals surface area contributed by atoms with E-state index in [0.29, 0.717) is 22.5 Å². The first-order valence-corrected chi connectivity index (χ1v) is 11.2.